The lowest BCUT2D eigenvalue weighted by Crippen LogP contribution is -2.18. The Kier molecular flexibility index (Phi) is 2.69. The summed E-state index contributed by atoms with van der Waals surface area (Å²) in [6, 6.07) is 0. The Labute approximate surface area is 42.1 Å². The Morgan fingerprint density at radius 1 is 2.00 bits per heavy atom. The van der Waals surface area contributed by atoms with E-state index >= 15 is 0 Å². The molecule has 0 aliphatic heterocycles. The molecule has 3 nitrogen and oxygen atoms in total. The number of carbonyl (C=O) groups excluding carboxylic acids is 1. The molecule has 0 heterocycles. The largest absolute Gasteiger partial charge is 0.293 e. The zero-order valence-corrected chi connectivity index (χ0v) is 4.06. The quantitative estimate of drug-likeness (QED) is 0.460. The van der Waals surface area contributed by atoms with Crippen LogP contribution < -0.4 is 5.32 Å². The first-order valence-corrected chi connectivity index (χ1v) is 1.85. The lowest BCUT2D eigenvalue weighted by molar-refractivity contribution is -0.118. The molecular formula is C4H6N2O. The topological polar surface area (TPSA) is 33.5 Å². The minimum absolute atomic E-state index is 0.0926. The fourth-order valence-electron chi connectivity index (χ4n) is 0.151. The van der Waals surface area contributed by atoms with Crippen molar-refractivity contribution in [3.05, 3.63) is 11.4 Å². The molecule has 0 rings (SSSR count). The van der Waals surface area contributed by atoms with Crippen molar-refractivity contribution in [2.24, 2.45) is 0 Å². The molecule has 0 aliphatic carbocycles. The lowest BCUT2D eigenvalue weighted by Gasteiger charge is -1.84. The van der Waals surface area contributed by atoms with E-state index in [0.717, 1.165) is 0 Å². The third-order valence-electron chi connectivity index (χ3n) is 0.407. The average Bonchev–Trinajstić information content (AvgIpc) is 1.61. The summed E-state index contributed by atoms with van der Waals surface area (Å²) in [7, 11) is 0. The van der Waals surface area contributed by atoms with Crippen molar-refractivity contribution in [3.63, 3.8) is 0 Å². The molecule has 0 bridgehead atoms. The van der Waals surface area contributed by atoms with Gasteiger partial charge < -0.3 is 0 Å². The molecule has 0 aromatic rings. The minimum atomic E-state index is -0.156. The maximum atomic E-state index is 9.95. The number of hydrogen-bond donors (Lipinski definition) is 1. The first-order chi connectivity index (χ1) is 3.27. The molecule has 0 aromatic carbocycles. The van der Waals surface area contributed by atoms with Crippen LogP contribution in [0.4, 0.5) is 0 Å². The van der Waals surface area contributed by atoms with E-state index in [-0.39, 0.29) is 12.6 Å². The minimum Gasteiger partial charge on any atom is -0.293 e. The van der Waals surface area contributed by atoms with Gasteiger partial charge in [-0.15, -0.1) is 0 Å². The number of amides is 1. The molecule has 0 aliphatic rings. The molecule has 0 atom stereocenters. The van der Waals surface area contributed by atoms with Crippen molar-refractivity contribution in [1.29, 1.82) is 0 Å². The van der Waals surface area contributed by atoms with Crippen molar-refractivity contribution in [1.82, 2.24) is 5.32 Å². The molecule has 0 radical (unpaired) electrons. The Morgan fingerprint density at radius 3 is 2.71 bits per heavy atom. The number of nitrogens with one attached hydrogen (secondary N) is 1. The van der Waals surface area contributed by atoms with Gasteiger partial charge in [-0.2, -0.15) is 0 Å². The summed E-state index contributed by atoms with van der Waals surface area (Å²) in [5.41, 5.74) is 0. The standard InChI is InChI=1S/C4H6N2O/c1-4(7)6-3-5-2/h3H2,1H3,(H,6,7). The van der Waals surface area contributed by atoms with Crippen LogP contribution in [0.3, 0.4) is 0 Å². The number of nitrogens with zero attached hydrogens (tertiary/aromatic N) is 1. The summed E-state index contributed by atoms with van der Waals surface area (Å²) in [4.78, 5) is 12.8. The molecule has 0 spiro atoms. The SMILES string of the molecule is [C-]#[N+]CNC(C)=O. The second kappa shape index (κ2) is 3.16. The average molecular weight is 98.1 g/mol. The van der Waals surface area contributed by atoms with Crippen LogP contribution in [-0.2, 0) is 4.79 Å². The van der Waals surface area contributed by atoms with Gasteiger partial charge >= 0.3 is 0 Å². The summed E-state index contributed by atoms with van der Waals surface area (Å²) in [5, 5.41) is 2.30. The van der Waals surface area contributed by atoms with Crippen molar-refractivity contribution in [3.8, 4) is 0 Å². The van der Waals surface area contributed by atoms with Gasteiger partial charge in [-0.1, -0.05) is 0 Å². The van der Waals surface area contributed by atoms with Crippen molar-refractivity contribution in [2.45, 2.75) is 6.92 Å². The summed E-state index contributed by atoms with van der Waals surface area (Å²) < 4.78 is 0. The van der Waals surface area contributed by atoms with Gasteiger partial charge in [0.1, 0.15) is 0 Å². The smallest absolute Gasteiger partial charge is 0.289 e. The molecule has 0 saturated heterocycles. The predicted molar refractivity (Wildman–Crippen MR) is 25.3 cm³/mol. The highest BCUT2D eigenvalue weighted by atomic mass is 16.1. The molecule has 0 aromatic heterocycles. The van der Waals surface area contributed by atoms with Crippen LogP contribution in [0.2, 0.25) is 0 Å². The monoisotopic (exact) mass is 98.0 g/mol. The highest BCUT2D eigenvalue weighted by molar-refractivity contribution is 5.72. The Morgan fingerprint density at radius 2 is 2.57 bits per heavy atom. The zero-order valence-electron chi connectivity index (χ0n) is 4.06. The van der Waals surface area contributed by atoms with E-state index in [1.807, 2.05) is 0 Å². The summed E-state index contributed by atoms with van der Waals surface area (Å²) in [5.74, 6) is -0.156. The highest BCUT2D eigenvalue weighted by Crippen LogP contribution is 1.59. The van der Waals surface area contributed by atoms with Gasteiger partial charge in [0.2, 0.25) is 5.91 Å². The maximum Gasteiger partial charge on any atom is 0.289 e. The zero-order chi connectivity index (χ0) is 5.70. The van der Waals surface area contributed by atoms with Crippen molar-refractivity contribution in [2.75, 3.05) is 6.67 Å². The van der Waals surface area contributed by atoms with Crippen molar-refractivity contribution >= 4 is 5.91 Å². The van der Waals surface area contributed by atoms with Crippen LogP contribution in [-0.4, -0.2) is 12.6 Å². The van der Waals surface area contributed by atoms with E-state index in [4.69, 9.17) is 6.57 Å². The van der Waals surface area contributed by atoms with Crippen LogP contribution in [0.5, 0.6) is 0 Å². The van der Waals surface area contributed by atoms with E-state index < -0.39 is 0 Å². The number of hydrogen-bond acceptors (Lipinski definition) is 1. The van der Waals surface area contributed by atoms with Gasteiger partial charge in [0.15, 0.2) is 0 Å². The molecule has 0 saturated carbocycles. The molecule has 3 heteroatoms. The lowest BCUT2D eigenvalue weighted by atomic mass is 10.7. The molecular weight excluding hydrogens is 92.1 g/mol. The van der Waals surface area contributed by atoms with Gasteiger partial charge in [-0.05, 0) is 0 Å². The highest BCUT2D eigenvalue weighted by Gasteiger charge is 1.85. The Bertz CT molecular complexity index is 103. The van der Waals surface area contributed by atoms with Crippen LogP contribution in [0.15, 0.2) is 0 Å². The van der Waals surface area contributed by atoms with Crippen LogP contribution >= 0.6 is 0 Å². The summed E-state index contributed by atoms with van der Waals surface area (Å²) in [6.45, 7) is 7.68. The number of carbonyl (C=O) groups is 1. The Balaban J connectivity index is 3.02. The van der Waals surface area contributed by atoms with E-state index in [1.165, 1.54) is 6.92 Å². The second-order valence-corrected chi connectivity index (χ2v) is 1.05. The van der Waals surface area contributed by atoms with E-state index in [2.05, 4.69) is 10.2 Å². The molecule has 0 unspecified atom stereocenters. The van der Waals surface area contributed by atoms with Crippen LogP contribution in [0.25, 0.3) is 4.85 Å². The molecule has 1 N–H and O–H groups in total. The predicted octanol–water partition coefficient (Wildman–Crippen LogP) is -0.000710. The summed E-state index contributed by atoms with van der Waals surface area (Å²) in [6.07, 6.45) is 0. The fraction of sp³-hybridized carbons (Fsp3) is 0.500. The number of rotatable bonds is 1. The second-order valence-electron chi connectivity index (χ2n) is 1.05. The van der Waals surface area contributed by atoms with Gasteiger partial charge in [-0.3, -0.25) is 15.0 Å². The van der Waals surface area contributed by atoms with Gasteiger partial charge in [-0.25, -0.2) is 6.57 Å². The van der Waals surface area contributed by atoms with E-state index in [0.29, 0.717) is 0 Å². The molecule has 38 valence electrons. The van der Waals surface area contributed by atoms with E-state index in [1.54, 1.807) is 0 Å². The fourth-order valence-corrected chi connectivity index (χ4v) is 0.151. The van der Waals surface area contributed by atoms with Crippen LogP contribution in [0.1, 0.15) is 6.92 Å². The molecule has 7 heavy (non-hydrogen) atoms. The maximum absolute atomic E-state index is 9.95. The first-order valence-electron chi connectivity index (χ1n) is 1.85. The van der Waals surface area contributed by atoms with Crippen LogP contribution in [0, 0.1) is 6.57 Å². The normalized spacial score (nSPS) is 6.86. The first kappa shape index (κ1) is 5.96. The third-order valence-corrected chi connectivity index (χ3v) is 0.407. The van der Waals surface area contributed by atoms with Gasteiger partial charge in [0.25, 0.3) is 6.67 Å². The van der Waals surface area contributed by atoms with E-state index in [9.17, 15) is 4.79 Å². The van der Waals surface area contributed by atoms with Gasteiger partial charge in [0, 0.05) is 6.92 Å². The Hall–Kier alpha value is -1.04. The van der Waals surface area contributed by atoms with Crippen molar-refractivity contribution < 1.29 is 4.79 Å². The molecule has 1 amide bonds. The third kappa shape index (κ3) is 4.96. The van der Waals surface area contributed by atoms with Gasteiger partial charge in [0.05, 0.1) is 0 Å². The molecule has 0 fully saturated rings. The summed E-state index contributed by atoms with van der Waals surface area (Å²) >= 11 is 0.